The van der Waals surface area contributed by atoms with E-state index in [1.54, 1.807) is 29.9 Å². The first-order valence-electron chi connectivity index (χ1n) is 11.4. The normalized spacial score (nSPS) is 11.6. The van der Waals surface area contributed by atoms with Crippen LogP contribution in [0, 0.1) is 6.92 Å². The van der Waals surface area contributed by atoms with Gasteiger partial charge in [0, 0.05) is 27.4 Å². The molecule has 0 fully saturated rings. The van der Waals surface area contributed by atoms with Gasteiger partial charge in [-0.1, -0.05) is 39.7 Å². The lowest BCUT2D eigenvalue weighted by Crippen LogP contribution is -1.99. The van der Waals surface area contributed by atoms with E-state index >= 15 is 0 Å². The Morgan fingerprint density at radius 1 is 1.06 bits per heavy atom. The van der Waals surface area contributed by atoms with Crippen molar-refractivity contribution in [2.24, 2.45) is 10.2 Å². The third-order valence-corrected chi connectivity index (χ3v) is 6.64. The number of aryl methyl sites for hydroxylation is 2. The summed E-state index contributed by atoms with van der Waals surface area (Å²) in [7, 11) is 1.57. The summed E-state index contributed by atoms with van der Waals surface area (Å²) in [5, 5.41) is 20.4. The number of rotatable bonds is 5. The number of amides is 1. The number of halogens is 1. The largest absolute Gasteiger partial charge is 0.497 e. The number of aromatic hydroxyl groups is 1. The molecule has 3 aromatic carbocycles. The van der Waals surface area contributed by atoms with Crippen LogP contribution in [0.1, 0.15) is 22.8 Å². The Labute approximate surface area is 216 Å². The van der Waals surface area contributed by atoms with E-state index in [4.69, 9.17) is 9.72 Å². The molecule has 2 aromatic heterocycles. The summed E-state index contributed by atoms with van der Waals surface area (Å²) >= 11 is 3.45. The molecule has 0 bridgehead atoms. The Bertz CT molecular complexity index is 1660. The first-order chi connectivity index (χ1) is 17.4. The molecule has 0 saturated carbocycles. The van der Waals surface area contributed by atoms with Gasteiger partial charge in [0.2, 0.25) is 5.88 Å². The Balaban J connectivity index is 1.64. The molecule has 1 N–H and O–H groups in total. The molecule has 5 rings (SSSR count). The average Bonchev–Trinajstić information content (AvgIpc) is 3.15. The number of fused-ring (bicyclic) bond motifs is 2. The summed E-state index contributed by atoms with van der Waals surface area (Å²) in [5.74, 6) is 0.0377. The number of methoxy groups -OCH3 is 1. The highest BCUT2D eigenvalue weighted by atomic mass is 79.9. The van der Waals surface area contributed by atoms with E-state index in [1.807, 2.05) is 62.4 Å². The van der Waals surface area contributed by atoms with Crippen molar-refractivity contribution >= 4 is 49.3 Å². The van der Waals surface area contributed by atoms with E-state index < -0.39 is 5.91 Å². The summed E-state index contributed by atoms with van der Waals surface area (Å²) in [6, 6.07) is 20.6. The molecule has 180 valence electrons. The van der Waals surface area contributed by atoms with Crippen LogP contribution in [-0.2, 0) is 6.54 Å². The van der Waals surface area contributed by atoms with Gasteiger partial charge in [0.05, 0.1) is 29.4 Å². The molecule has 0 aliphatic carbocycles. The Morgan fingerprint density at radius 3 is 2.56 bits per heavy atom. The molecule has 0 aliphatic heterocycles. The topological polar surface area (TPSA) is 89.1 Å². The SMILES string of the molecule is CCn1c(O)c(N=NC(=O)c2cc(-c3ccc(Br)cc3)nc3ccc(OC)cc23)c2cc(C)ccc21. The maximum Gasteiger partial charge on any atom is 0.296 e. The lowest BCUT2D eigenvalue weighted by molar-refractivity contribution is 0.0996. The molecule has 0 atom stereocenters. The zero-order valence-electron chi connectivity index (χ0n) is 20.0. The highest BCUT2D eigenvalue weighted by molar-refractivity contribution is 9.10. The molecule has 7 nitrogen and oxygen atoms in total. The zero-order valence-corrected chi connectivity index (χ0v) is 21.6. The summed E-state index contributed by atoms with van der Waals surface area (Å²) in [6.07, 6.45) is 0. The number of pyridine rings is 1. The third-order valence-electron chi connectivity index (χ3n) is 6.11. The van der Waals surface area contributed by atoms with E-state index in [2.05, 4.69) is 26.2 Å². The average molecular weight is 543 g/mol. The van der Waals surface area contributed by atoms with Crippen LogP contribution in [0.2, 0.25) is 0 Å². The molecule has 8 heteroatoms. The number of aromatic nitrogens is 2. The zero-order chi connectivity index (χ0) is 25.4. The van der Waals surface area contributed by atoms with E-state index in [9.17, 15) is 9.90 Å². The van der Waals surface area contributed by atoms with Crippen molar-refractivity contribution in [2.45, 2.75) is 20.4 Å². The maximum atomic E-state index is 13.4. The van der Waals surface area contributed by atoms with Crippen LogP contribution in [0.15, 0.2) is 81.4 Å². The molecular formula is C28H23BrN4O3. The van der Waals surface area contributed by atoms with Gasteiger partial charge in [-0.05, 0) is 62.4 Å². The van der Waals surface area contributed by atoms with Crippen molar-refractivity contribution in [2.75, 3.05) is 7.11 Å². The summed E-state index contributed by atoms with van der Waals surface area (Å²) in [5.41, 5.74) is 4.60. The Morgan fingerprint density at radius 2 is 1.83 bits per heavy atom. The minimum atomic E-state index is -0.543. The number of carbonyl (C=O) groups is 1. The molecule has 2 heterocycles. The minimum Gasteiger partial charge on any atom is -0.497 e. The van der Waals surface area contributed by atoms with Crippen molar-refractivity contribution < 1.29 is 14.6 Å². The van der Waals surface area contributed by atoms with Crippen LogP contribution >= 0.6 is 15.9 Å². The van der Waals surface area contributed by atoms with E-state index in [1.165, 1.54) is 0 Å². The predicted molar refractivity (Wildman–Crippen MR) is 144 cm³/mol. The molecule has 0 saturated heterocycles. The number of hydrogen-bond donors (Lipinski definition) is 1. The standard InChI is InChI=1S/C28H23BrN4O3/c1-4-33-25-12-5-16(2)13-22(25)26(28(33)35)31-32-27(34)21-15-24(17-6-8-18(29)9-7-17)30-23-11-10-19(36-3)14-20(21)23/h5-15,35H,4H2,1-3H3. The quantitative estimate of drug-likeness (QED) is 0.231. The smallest absolute Gasteiger partial charge is 0.296 e. The molecular weight excluding hydrogens is 520 g/mol. The van der Waals surface area contributed by atoms with Crippen LogP contribution < -0.4 is 4.74 Å². The molecule has 36 heavy (non-hydrogen) atoms. The van der Waals surface area contributed by atoms with E-state index in [0.29, 0.717) is 34.5 Å². The third kappa shape index (κ3) is 4.24. The second-order valence-corrected chi connectivity index (χ2v) is 9.30. The number of nitrogens with zero attached hydrogens (tertiary/aromatic N) is 4. The van der Waals surface area contributed by atoms with Gasteiger partial charge in [-0.3, -0.25) is 4.79 Å². The van der Waals surface area contributed by atoms with Crippen LogP contribution in [0.5, 0.6) is 11.6 Å². The van der Waals surface area contributed by atoms with Crippen LogP contribution in [-0.4, -0.2) is 27.7 Å². The van der Waals surface area contributed by atoms with Crippen molar-refractivity contribution in [3.05, 3.63) is 82.3 Å². The first kappa shape index (κ1) is 23.7. The predicted octanol–water partition coefficient (Wildman–Crippen LogP) is 7.59. The van der Waals surface area contributed by atoms with Crippen LogP contribution in [0.25, 0.3) is 33.1 Å². The van der Waals surface area contributed by atoms with Gasteiger partial charge in [0.25, 0.3) is 5.91 Å². The lowest BCUT2D eigenvalue weighted by Gasteiger charge is -2.09. The van der Waals surface area contributed by atoms with E-state index in [0.717, 1.165) is 26.5 Å². The van der Waals surface area contributed by atoms with Gasteiger partial charge in [0.1, 0.15) is 5.75 Å². The number of azo groups is 1. The first-order valence-corrected chi connectivity index (χ1v) is 12.2. The van der Waals surface area contributed by atoms with Gasteiger partial charge < -0.3 is 14.4 Å². The summed E-state index contributed by atoms with van der Waals surface area (Å²) < 4.78 is 8.06. The van der Waals surface area contributed by atoms with Gasteiger partial charge in [-0.2, -0.15) is 0 Å². The van der Waals surface area contributed by atoms with Crippen molar-refractivity contribution in [1.29, 1.82) is 0 Å². The highest BCUT2D eigenvalue weighted by Gasteiger charge is 2.18. The number of ether oxygens (including phenoxy) is 1. The minimum absolute atomic E-state index is 0.0218. The van der Waals surface area contributed by atoms with Gasteiger partial charge in [0.15, 0.2) is 5.69 Å². The Kier molecular flexibility index (Phi) is 6.28. The summed E-state index contributed by atoms with van der Waals surface area (Å²) in [6.45, 7) is 4.46. The maximum absolute atomic E-state index is 13.4. The second-order valence-electron chi connectivity index (χ2n) is 8.39. The molecule has 0 radical (unpaired) electrons. The number of hydrogen-bond acceptors (Lipinski definition) is 5. The molecule has 5 aromatic rings. The number of carbonyl (C=O) groups excluding carboxylic acids is 1. The van der Waals surface area contributed by atoms with Gasteiger partial charge in [-0.25, -0.2) is 4.98 Å². The fourth-order valence-electron chi connectivity index (χ4n) is 4.28. The van der Waals surface area contributed by atoms with Crippen molar-refractivity contribution in [3.63, 3.8) is 0 Å². The molecule has 0 unspecified atom stereocenters. The van der Waals surface area contributed by atoms with Crippen LogP contribution in [0.4, 0.5) is 5.69 Å². The lowest BCUT2D eigenvalue weighted by atomic mass is 10.0. The van der Waals surface area contributed by atoms with E-state index in [-0.39, 0.29) is 11.6 Å². The van der Waals surface area contributed by atoms with Gasteiger partial charge in [-0.15, -0.1) is 10.2 Å². The summed E-state index contributed by atoms with van der Waals surface area (Å²) in [4.78, 5) is 18.2. The number of benzene rings is 3. The van der Waals surface area contributed by atoms with Crippen molar-refractivity contribution in [3.8, 4) is 22.9 Å². The molecule has 0 aliphatic rings. The highest BCUT2D eigenvalue weighted by Crippen LogP contribution is 2.39. The Hall–Kier alpha value is -4.04. The molecule has 1 amide bonds. The fraction of sp³-hybridized carbons (Fsp3) is 0.143. The molecule has 0 spiro atoms. The fourth-order valence-corrected chi connectivity index (χ4v) is 4.55. The van der Waals surface area contributed by atoms with Gasteiger partial charge >= 0.3 is 0 Å². The van der Waals surface area contributed by atoms with Crippen LogP contribution in [0.3, 0.4) is 0 Å². The van der Waals surface area contributed by atoms with Crippen molar-refractivity contribution in [1.82, 2.24) is 9.55 Å². The second kappa shape index (κ2) is 9.54. The monoisotopic (exact) mass is 542 g/mol.